The predicted molar refractivity (Wildman–Crippen MR) is 193 cm³/mol. The van der Waals surface area contributed by atoms with E-state index in [0.29, 0.717) is 31.2 Å². The van der Waals surface area contributed by atoms with E-state index in [4.69, 9.17) is 4.74 Å². The van der Waals surface area contributed by atoms with Gasteiger partial charge in [-0.2, -0.15) is 0 Å². The highest BCUT2D eigenvalue weighted by Crippen LogP contribution is 2.47. The van der Waals surface area contributed by atoms with Crippen molar-refractivity contribution in [1.82, 2.24) is 4.90 Å². The highest BCUT2D eigenvalue weighted by molar-refractivity contribution is 9.10. The summed E-state index contributed by atoms with van der Waals surface area (Å²) in [6.45, 7) is 2.14. The van der Waals surface area contributed by atoms with E-state index >= 15 is 0 Å². The van der Waals surface area contributed by atoms with Gasteiger partial charge in [0, 0.05) is 30.8 Å². The molecule has 1 atom stereocenters. The largest absolute Gasteiger partial charge is 0.496 e. The van der Waals surface area contributed by atoms with Crippen LogP contribution in [0.15, 0.2) is 102 Å². The van der Waals surface area contributed by atoms with E-state index in [2.05, 4.69) is 93.6 Å². The lowest BCUT2D eigenvalue weighted by Gasteiger charge is -2.46. The molecule has 1 unspecified atom stereocenters. The Morgan fingerprint density at radius 1 is 0.894 bits per heavy atom. The van der Waals surface area contributed by atoms with Crippen molar-refractivity contribution in [3.05, 3.63) is 135 Å². The highest BCUT2D eigenvalue weighted by atomic mass is 79.9. The van der Waals surface area contributed by atoms with E-state index in [-0.39, 0.29) is 17.0 Å². The molecule has 1 fully saturated rings. The number of hydrogen-bond donors (Lipinski definition) is 0. The normalized spacial score (nSPS) is 16.8. The first-order valence-electron chi connectivity index (χ1n) is 17.4. The minimum absolute atomic E-state index is 0.173. The molecule has 4 aromatic rings. The van der Waals surface area contributed by atoms with Crippen LogP contribution in [0.1, 0.15) is 91.6 Å². The lowest BCUT2D eigenvalue weighted by molar-refractivity contribution is -0.119. The van der Waals surface area contributed by atoms with E-state index in [1.807, 2.05) is 0 Å². The number of methoxy groups -OCH3 is 1. The standard InChI is InChI=1S/C42H47BrFNO2/c1-47-40-30-38-33(29-39(40)43)24-28-45(41(38)32-11-8-12-32)27-10-26-42(34-13-4-2-5-14-34,35-15-6-3-7-16-35)25-9-17-37(46)23-20-31-18-21-36(44)22-19-31/h2-7,13-16,18-19,21-22,29-30,32,41H,8-12,17,20,23-28H2,1H3. The number of Topliss-reactive ketones (excluding diaryl/α,β-unsaturated/α-hetero) is 1. The first kappa shape index (κ1) is 33.6. The summed E-state index contributed by atoms with van der Waals surface area (Å²) in [5.74, 6) is 1.67. The van der Waals surface area contributed by atoms with Gasteiger partial charge in [-0.3, -0.25) is 9.69 Å². The minimum atomic E-state index is -0.240. The molecule has 5 heteroatoms. The van der Waals surface area contributed by atoms with Crippen LogP contribution in [0, 0.1) is 11.7 Å². The minimum Gasteiger partial charge on any atom is -0.496 e. The topological polar surface area (TPSA) is 29.5 Å². The zero-order chi connectivity index (χ0) is 32.6. The number of benzene rings is 4. The number of carbonyl (C=O) groups is 1. The summed E-state index contributed by atoms with van der Waals surface area (Å²) in [4.78, 5) is 15.8. The first-order chi connectivity index (χ1) is 23.0. The van der Waals surface area contributed by atoms with Gasteiger partial charge in [0.1, 0.15) is 17.3 Å². The van der Waals surface area contributed by atoms with Crippen LogP contribution in [0.5, 0.6) is 5.75 Å². The number of ether oxygens (including phenoxy) is 1. The van der Waals surface area contributed by atoms with Crippen LogP contribution < -0.4 is 4.74 Å². The van der Waals surface area contributed by atoms with Crippen molar-refractivity contribution in [3.63, 3.8) is 0 Å². The van der Waals surface area contributed by atoms with Gasteiger partial charge in [-0.15, -0.1) is 0 Å². The molecular weight excluding hydrogens is 649 g/mol. The summed E-state index contributed by atoms with van der Waals surface area (Å²) < 4.78 is 20.1. The fourth-order valence-corrected chi connectivity index (χ4v) is 8.58. The van der Waals surface area contributed by atoms with Crippen LogP contribution in [-0.4, -0.2) is 30.9 Å². The molecule has 1 aliphatic heterocycles. The molecule has 2 aliphatic rings. The van der Waals surface area contributed by atoms with Gasteiger partial charge in [0.2, 0.25) is 0 Å². The van der Waals surface area contributed by atoms with E-state index in [1.165, 1.54) is 53.6 Å². The van der Waals surface area contributed by atoms with Gasteiger partial charge < -0.3 is 4.74 Å². The molecule has 3 nitrogen and oxygen atoms in total. The Morgan fingerprint density at radius 2 is 1.55 bits per heavy atom. The molecule has 246 valence electrons. The summed E-state index contributed by atoms with van der Waals surface area (Å²) in [5, 5.41) is 0. The van der Waals surface area contributed by atoms with E-state index < -0.39 is 0 Å². The van der Waals surface area contributed by atoms with E-state index in [1.54, 1.807) is 19.2 Å². The molecule has 0 bridgehead atoms. The number of ketones is 1. The smallest absolute Gasteiger partial charge is 0.133 e. The Labute approximate surface area is 288 Å². The van der Waals surface area contributed by atoms with Crippen molar-refractivity contribution in [2.45, 2.75) is 82.1 Å². The van der Waals surface area contributed by atoms with Crippen molar-refractivity contribution >= 4 is 21.7 Å². The van der Waals surface area contributed by atoms with Crippen LogP contribution in [0.4, 0.5) is 4.39 Å². The summed E-state index contributed by atoms with van der Waals surface area (Å²) in [7, 11) is 1.76. The average Bonchev–Trinajstić information content (AvgIpc) is 3.08. The Kier molecular flexibility index (Phi) is 11.3. The van der Waals surface area contributed by atoms with Crippen LogP contribution >= 0.6 is 15.9 Å². The number of rotatable bonds is 15. The molecule has 0 N–H and O–H groups in total. The third-order valence-corrected chi connectivity index (χ3v) is 11.4. The van der Waals surface area contributed by atoms with Crippen LogP contribution in [0.2, 0.25) is 0 Å². The summed E-state index contributed by atoms with van der Waals surface area (Å²) in [6, 6.07) is 33.5. The molecular formula is C42H47BrFNO2. The zero-order valence-electron chi connectivity index (χ0n) is 27.6. The second-order valence-electron chi connectivity index (χ2n) is 13.5. The number of fused-ring (bicyclic) bond motifs is 1. The van der Waals surface area contributed by atoms with Crippen molar-refractivity contribution < 1.29 is 13.9 Å². The summed E-state index contributed by atoms with van der Waals surface area (Å²) >= 11 is 3.73. The van der Waals surface area contributed by atoms with Crippen molar-refractivity contribution in [2.75, 3.05) is 20.2 Å². The molecule has 0 aromatic heterocycles. The number of hydrogen-bond acceptors (Lipinski definition) is 3. The van der Waals surface area contributed by atoms with Gasteiger partial charge >= 0.3 is 0 Å². The molecule has 4 aromatic carbocycles. The molecule has 1 heterocycles. The molecule has 0 spiro atoms. The SMILES string of the molecule is COc1cc2c(cc1Br)CCN(CCCC(CCCC(=O)CCc1ccc(F)cc1)(c1ccccc1)c1ccccc1)C2C1CCC1. The molecule has 6 rings (SSSR count). The monoisotopic (exact) mass is 695 g/mol. The molecule has 0 saturated heterocycles. The Balaban J connectivity index is 1.19. The molecule has 0 radical (unpaired) electrons. The summed E-state index contributed by atoms with van der Waals surface area (Å²) in [5.41, 5.74) is 6.41. The predicted octanol–water partition coefficient (Wildman–Crippen LogP) is 10.4. The lowest BCUT2D eigenvalue weighted by Crippen LogP contribution is -2.42. The second-order valence-corrected chi connectivity index (χ2v) is 14.4. The quantitative estimate of drug-likeness (QED) is 0.124. The summed E-state index contributed by atoms with van der Waals surface area (Å²) in [6.07, 6.45) is 10.6. The molecule has 1 saturated carbocycles. The molecule has 47 heavy (non-hydrogen) atoms. The van der Waals surface area contributed by atoms with Gasteiger partial charge in [0.05, 0.1) is 11.6 Å². The maximum atomic E-state index is 13.3. The fourth-order valence-electron chi connectivity index (χ4n) is 8.03. The van der Waals surface area contributed by atoms with Crippen molar-refractivity contribution in [2.24, 2.45) is 5.92 Å². The van der Waals surface area contributed by atoms with Crippen LogP contribution in [-0.2, 0) is 23.1 Å². The number of nitrogens with zero attached hydrogens (tertiary/aromatic N) is 1. The molecule has 1 aliphatic carbocycles. The van der Waals surface area contributed by atoms with Crippen LogP contribution in [0.3, 0.4) is 0 Å². The van der Waals surface area contributed by atoms with E-state index in [0.717, 1.165) is 61.0 Å². The lowest BCUT2D eigenvalue weighted by atomic mass is 9.68. The second kappa shape index (κ2) is 15.7. The first-order valence-corrected chi connectivity index (χ1v) is 18.2. The molecule has 0 amide bonds. The van der Waals surface area contributed by atoms with Gasteiger partial charge in [-0.1, -0.05) is 79.2 Å². The average molecular weight is 697 g/mol. The van der Waals surface area contributed by atoms with Crippen molar-refractivity contribution in [1.29, 1.82) is 0 Å². The highest BCUT2D eigenvalue weighted by Gasteiger charge is 2.38. The zero-order valence-corrected chi connectivity index (χ0v) is 29.2. The maximum absolute atomic E-state index is 13.3. The maximum Gasteiger partial charge on any atom is 0.133 e. The van der Waals surface area contributed by atoms with Gasteiger partial charge in [-0.25, -0.2) is 4.39 Å². The number of halogens is 2. The fraction of sp³-hybridized carbons (Fsp3) is 0.405. The van der Waals surface area contributed by atoms with Crippen molar-refractivity contribution in [3.8, 4) is 5.75 Å². The number of carbonyl (C=O) groups excluding carboxylic acids is 1. The number of aryl methyl sites for hydroxylation is 1. The third-order valence-electron chi connectivity index (χ3n) is 10.8. The Morgan fingerprint density at radius 3 is 2.17 bits per heavy atom. The Hall–Kier alpha value is -3.28. The van der Waals surface area contributed by atoms with Gasteiger partial charge in [-0.05, 0) is 132 Å². The van der Waals surface area contributed by atoms with Gasteiger partial charge in [0.15, 0.2) is 0 Å². The Bertz CT molecular complexity index is 1560. The third kappa shape index (κ3) is 7.90. The van der Waals surface area contributed by atoms with Gasteiger partial charge in [0.25, 0.3) is 0 Å². The van der Waals surface area contributed by atoms with E-state index in [9.17, 15) is 9.18 Å². The van der Waals surface area contributed by atoms with Crippen LogP contribution in [0.25, 0.3) is 0 Å².